The minimum absolute atomic E-state index is 0.0000299. The quantitative estimate of drug-likeness (QED) is 0.602. The normalized spacial score (nSPS) is 19.2. The molecule has 0 unspecified atom stereocenters. The first kappa shape index (κ1) is 20.1. The van der Waals surface area contributed by atoms with Crippen LogP contribution in [0.5, 0.6) is 0 Å². The van der Waals surface area contributed by atoms with Gasteiger partial charge in [-0.2, -0.15) is 4.98 Å². The Morgan fingerprint density at radius 1 is 1.24 bits per heavy atom. The van der Waals surface area contributed by atoms with E-state index in [9.17, 15) is 12.8 Å². The monoisotopic (exact) mass is 458 g/mol. The van der Waals surface area contributed by atoms with Crippen LogP contribution in [0.4, 0.5) is 22.0 Å². The van der Waals surface area contributed by atoms with E-state index in [1.165, 1.54) is 12.3 Å². The van der Waals surface area contributed by atoms with Gasteiger partial charge < -0.3 is 10.6 Å². The van der Waals surface area contributed by atoms with Gasteiger partial charge in [-0.3, -0.25) is 4.57 Å². The van der Waals surface area contributed by atoms with Gasteiger partial charge >= 0.3 is 0 Å². The number of fused-ring (bicyclic) bond motifs is 1. The first-order valence-electron chi connectivity index (χ1n) is 8.68. The Morgan fingerprint density at radius 3 is 2.62 bits per heavy atom. The van der Waals surface area contributed by atoms with E-state index in [1.807, 2.05) is 0 Å². The molecule has 0 radical (unpaired) electrons. The minimum atomic E-state index is -3.02. The van der Waals surface area contributed by atoms with E-state index in [4.69, 9.17) is 23.2 Å². The Labute approximate surface area is 176 Å². The number of hydrogen-bond donors (Lipinski definition) is 2. The Kier molecular flexibility index (Phi) is 5.04. The van der Waals surface area contributed by atoms with Crippen LogP contribution in [0.1, 0.15) is 12.8 Å². The number of hydrogen-bond acceptors (Lipinski definition) is 7. The zero-order chi connectivity index (χ0) is 20.9. The van der Waals surface area contributed by atoms with Crippen molar-refractivity contribution in [3.8, 4) is 0 Å². The summed E-state index contributed by atoms with van der Waals surface area (Å²) in [6, 6.07) is 2.59. The van der Waals surface area contributed by atoms with Crippen LogP contribution < -0.4 is 10.6 Å². The summed E-state index contributed by atoms with van der Waals surface area (Å²) in [4.78, 5) is 13.0. The predicted molar refractivity (Wildman–Crippen MR) is 111 cm³/mol. The van der Waals surface area contributed by atoms with Crippen LogP contribution in [0.25, 0.3) is 11.2 Å². The molecule has 4 rings (SSSR count). The number of halogens is 3. The van der Waals surface area contributed by atoms with Crippen LogP contribution in [0.3, 0.4) is 0 Å². The molecule has 1 fully saturated rings. The summed E-state index contributed by atoms with van der Waals surface area (Å²) >= 11 is 11.9. The maximum atomic E-state index is 14.2. The molecule has 2 heterocycles. The first-order valence-corrected chi connectivity index (χ1v) is 11.4. The van der Waals surface area contributed by atoms with Crippen molar-refractivity contribution in [2.75, 3.05) is 16.9 Å². The van der Waals surface area contributed by atoms with Gasteiger partial charge in [0.25, 0.3) is 0 Å². The summed E-state index contributed by atoms with van der Waals surface area (Å²) < 4.78 is 38.9. The molecular weight excluding hydrogens is 442 g/mol. The molecule has 1 aromatic carbocycles. The lowest BCUT2D eigenvalue weighted by Gasteiger charge is -2.34. The van der Waals surface area contributed by atoms with Crippen LogP contribution in [0, 0.1) is 5.82 Å². The van der Waals surface area contributed by atoms with E-state index >= 15 is 0 Å². The largest absolute Gasteiger partial charge is 0.351 e. The molecule has 12 heteroatoms. The smallest absolute Gasteiger partial charge is 0.224 e. The molecule has 1 aliphatic rings. The standard InChI is InChI=1S/C17H17Cl2FN6O2S/c1-26-15-13(23-17(26)24-14-11(19)3-8(18)4-12(14)20)7-21-16(25-15)22-9-5-10(6-9)29(2,27)28/h3-4,7,9-10H,5-6H2,1-2H3,(H,23,24)(H,21,22,25). The van der Waals surface area contributed by atoms with Crippen molar-refractivity contribution in [2.24, 2.45) is 7.05 Å². The van der Waals surface area contributed by atoms with E-state index in [-0.39, 0.29) is 27.0 Å². The number of sulfone groups is 1. The highest BCUT2D eigenvalue weighted by molar-refractivity contribution is 7.91. The second-order valence-electron chi connectivity index (χ2n) is 7.03. The van der Waals surface area contributed by atoms with Gasteiger partial charge in [0.15, 0.2) is 5.65 Å². The van der Waals surface area contributed by atoms with E-state index < -0.39 is 15.7 Å². The maximum absolute atomic E-state index is 14.2. The van der Waals surface area contributed by atoms with Gasteiger partial charge in [-0.1, -0.05) is 23.2 Å². The van der Waals surface area contributed by atoms with E-state index in [0.29, 0.717) is 35.9 Å². The summed E-state index contributed by atoms with van der Waals surface area (Å²) in [6.07, 6.45) is 3.83. The zero-order valence-corrected chi connectivity index (χ0v) is 17.8. The predicted octanol–water partition coefficient (Wildman–Crippen LogP) is 3.54. The lowest BCUT2D eigenvalue weighted by molar-refractivity contribution is 0.432. The maximum Gasteiger partial charge on any atom is 0.224 e. The molecule has 1 saturated carbocycles. The lowest BCUT2D eigenvalue weighted by atomic mass is 9.92. The average Bonchev–Trinajstić information content (AvgIpc) is 2.88. The van der Waals surface area contributed by atoms with Gasteiger partial charge in [-0.05, 0) is 25.0 Å². The van der Waals surface area contributed by atoms with E-state index in [0.717, 1.165) is 6.07 Å². The third-order valence-electron chi connectivity index (χ3n) is 4.89. The molecule has 0 aliphatic heterocycles. The summed E-state index contributed by atoms with van der Waals surface area (Å²) in [5, 5.41) is 6.00. The average molecular weight is 459 g/mol. The van der Waals surface area contributed by atoms with Gasteiger partial charge in [0.2, 0.25) is 11.9 Å². The van der Waals surface area contributed by atoms with Gasteiger partial charge in [-0.15, -0.1) is 0 Å². The first-order chi connectivity index (χ1) is 13.6. The van der Waals surface area contributed by atoms with Crippen molar-refractivity contribution in [1.29, 1.82) is 0 Å². The Balaban J connectivity index is 1.56. The van der Waals surface area contributed by atoms with Crippen LogP contribution >= 0.6 is 23.2 Å². The minimum Gasteiger partial charge on any atom is -0.351 e. The van der Waals surface area contributed by atoms with Gasteiger partial charge in [0.05, 0.1) is 22.2 Å². The number of nitrogens with zero attached hydrogens (tertiary/aromatic N) is 4. The van der Waals surface area contributed by atoms with E-state index in [1.54, 1.807) is 17.8 Å². The van der Waals surface area contributed by atoms with Crippen molar-refractivity contribution in [3.05, 3.63) is 34.2 Å². The van der Waals surface area contributed by atoms with Gasteiger partial charge in [-0.25, -0.2) is 22.8 Å². The SMILES string of the molecule is Cn1c(Nc2c(F)cc(Cl)cc2Cl)nc2cnc(NC3CC(S(C)(=O)=O)C3)nc21. The summed E-state index contributed by atoms with van der Waals surface area (Å²) in [5.41, 5.74) is 1.09. The molecule has 0 atom stereocenters. The Hall–Kier alpha value is -2.17. The molecule has 29 heavy (non-hydrogen) atoms. The highest BCUT2D eigenvalue weighted by Crippen LogP contribution is 2.32. The second-order valence-corrected chi connectivity index (χ2v) is 10.2. The molecule has 2 aromatic heterocycles. The van der Waals surface area contributed by atoms with Crippen LogP contribution in [-0.2, 0) is 16.9 Å². The summed E-state index contributed by atoms with van der Waals surface area (Å²) in [7, 11) is -1.30. The number of nitrogens with one attached hydrogen (secondary N) is 2. The molecule has 1 aliphatic carbocycles. The van der Waals surface area contributed by atoms with Crippen molar-refractivity contribution in [2.45, 2.75) is 24.1 Å². The molecular formula is C17H17Cl2FN6O2S. The molecule has 0 amide bonds. The van der Waals surface area contributed by atoms with Crippen molar-refractivity contribution >= 4 is 61.8 Å². The van der Waals surface area contributed by atoms with Crippen molar-refractivity contribution in [1.82, 2.24) is 19.5 Å². The molecule has 8 nitrogen and oxygen atoms in total. The summed E-state index contributed by atoms with van der Waals surface area (Å²) in [6.45, 7) is 0. The molecule has 154 valence electrons. The van der Waals surface area contributed by atoms with Crippen LogP contribution in [0.2, 0.25) is 10.0 Å². The number of rotatable bonds is 5. The fourth-order valence-electron chi connectivity index (χ4n) is 3.15. The number of imidazole rings is 1. The highest BCUT2D eigenvalue weighted by Gasteiger charge is 2.36. The number of aromatic nitrogens is 4. The molecule has 0 saturated heterocycles. The molecule has 3 aromatic rings. The van der Waals surface area contributed by atoms with Gasteiger partial charge in [0, 0.05) is 24.4 Å². The van der Waals surface area contributed by atoms with E-state index in [2.05, 4.69) is 25.6 Å². The van der Waals surface area contributed by atoms with Crippen LogP contribution in [0.15, 0.2) is 18.3 Å². The fraction of sp³-hybridized carbons (Fsp3) is 0.353. The highest BCUT2D eigenvalue weighted by atomic mass is 35.5. The van der Waals surface area contributed by atoms with Gasteiger partial charge in [0.1, 0.15) is 21.2 Å². The second kappa shape index (κ2) is 7.26. The molecule has 2 N–H and O–H groups in total. The Morgan fingerprint density at radius 2 is 1.97 bits per heavy atom. The topological polar surface area (TPSA) is 102 Å². The van der Waals surface area contributed by atoms with Crippen molar-refractivity contribution in [3.63, 3.8) is 0 Å². The number of anilines is 3. The molecule has 0 spiro atoms. The van der Waals surface area contributed by atoms with Crippen LogP contribution in [-0.4, -0.2) is 45.5 Å². The number of benzene rings is 1. The number of aryl methyl sites for hydroxylation is 1. The fourth-order valence-corrected chi connectivity index (χ4v) is 4.83. The zero-order valence-electron chi connectivity index (χ0n) is 15.4. The lowest BCUT2D eigenvalue weighted by Crippen LogP contribution is -2.43. The third-order valence-corrected chi connectivity index (χ3v) is 7.00. The third kappa shape index (κ3) is 3.96. The van der Waals surface area contributed by atoms with Crippen molar-refractivity contribution < 1.29 is 12.8 Å². The Bertz CT molecular complexity index is 1190. The molecule has 0 bridgehead atoms. The summed E-state index contributed by atoms with van der Waals surface area (Å²) in [5.74, 6) is 0.100.